The molecule has 0 radical (unpaired) electrons. The predicted octanol–water partition coefficient (Wildman–Crippen LogP) is 4.62. The van der Waals surface area contributed by atoms with E-state index in [9.17, 15) is 14.7 Å². The number of fused-ring (bicyclic) bond motifs is 2. The maximum atomic E-state index is 13.5. The molecule has 2 saturated carbocycles. The van der Waals surface area contributed by atoms with Crippen LogP contribution in [0.15, 0.2) is 18.2 Å². The van der Waals surface area contributed by atoms with Gasteiger partial charge in [0.25, 0.3) is 0 Å². The Morgan fingerprint density at radius 2 is 1.94 bits per heavy atom. The smallest absolute Gasteiger partial charge is 0.306 e. The van der Waals surface area contributed by atoms with Crippen molar-refractivity contribution in [1.29, 1.82) is 0 Å². The SMILES string of the molecule is CC(CC(=O)N1CCCC2C1CCC[C@H]2C(=O)O)C1CN(C)c2cccc(C3CC3)c21. The van der Waals surface area contributed by atoms with Crippen LogP contribution in [0.4, 0.5) is 5.69 Å². The topological polar surface area (TPSA) is 60.9 Å². The minimum absolute atomic E-state index is 0.129. The van der Waals surface area contributed by atoms with Crippen LogP contribution in [0.3, 0.4) is 0 Å². The highest BCUT2D eigenvalue weighted by molar-refractivity contribution is 5.78. The molecule has 168 valence electrons. The van der Waals surface area contributed by atoms with Crippen molar-refractivity contribution in [3.8, 4) is 0 Å². The second-order valence-corrected chi connectivity index (χ2v) is 10.6. The third kappa shape index (κ3) is 3.74. The van der Waals surface area contributed by atoms with Gasteiger partial charge in [-0.3, -0.25) is 9.59 Å². The van der Waals surface area contributed by atoms with Gasteiger partial charge in [-0.05, 0) is 73.5 Å². The Bertz CT molecular complexity index is 864. The highest BCUT2D eigenvalue weighted by Crippen LogP contribution is 2.50. The summed E-state index contributed by atoms with van der Waals surface area (Å²) in [5.41, 5.74) is 4.36. The number of carboxylic acid groups (broad SMARTS) is 1. The molecular weight excluding hydrogens is 388 g/mol. The van der Waals surface area contributed by atoms with E-state index in [1.807, 2.05) is 0 Å². The highest BCUT2D eigenvalue weighted by Gasteiger charge is 2.44. The lowest BCUT2D eigenvalue weighted by Crippen LogP contribution is -2.53. The quantitative estimate of drug-likeness (QED) is 0.749. The lowest BCUT2D eigenvalue weighted by molar-refractivity contribution is -0.152. The summed E-state index contributed by atoms with van der Waals surface area (Å²) in [6.07, 6.45) is 7.70. The number of amides is 1. The third-order valence-electron chi connectivity index (χ3n) is 8.57. The zero-order valence-electron chi connectivity index (χ0n) is 18.9. The third-order valence-corrected chi connectivity index (χ3v) is 8.57. The van der Waals surface area contributed by atoms with Crippen LogP contribution in [-0.4, -0.2) is 48.1 Å². The van der Waals surface area contributed by atoms with Crippen LogP contribution in [0.25, 0.3) is 0 Å². The van der Waals surface area contributed by atoms with E-state index in [0.717, 1.165) is 45.2 Å². The van der Waals surface area contributed by atoms with Gasteiger partial charge in [0.05, 0.1) is 5.92 Å². The Kier molecular flexibility index (Phi) is 5.47. The summed E-state index contributed by atoms with van der Waals surface area (Å²) in [5.74, 6) is 0.839. The summed E-state index contributed by atoms with van der Waals surface area (Å²) in [4.78, 5) is 29.7. The molecule has 4 aliphatic rings. The van der Waals surface area contributed by atoms with Crippen molar-refractivity contribution in [2.45, 2.75) is 76.2 Å². The number of likely N-dealkylation sites (N-methyl/N-ethyl adjacent to an activating group) is 1. The molecule has 0 bridgehead atoms. The number of piperidine rings is 1. The maximum Gasteiger partial charge on any atom is 0.306 e. The van der Waals surface area contributed by atoms with Crippen molar-refractivity contribution >= 4 is 17.6 Å². The van der Waals surface area contributed by atoms with Gasteiger partial charge in [0.2, 0.25) is 5.91 Å². The maximum absolute atomic E-state index is 13.5. The monoisotopic (exact) mass is 424 g/mol. The van der Waals surface area contributed by atoms with Gasteiger partial charge in [-0.2, -0.15) is 0 Å². The van der Waals surface area contributed by atoms with Crippen LogP contribution < -0.4 is 4.90 Å². The van der Waals surface area contributed by atoms with E-state index in [4.69, 9.17) is 0 Å². The molecule has 2 heterocycles. The number of aliphatic carboxylic acids is 1. The zero-order chi connectivity index (χ0) is 21.7. The van der Waals surface area contributed by atoms with Gasteiger partial charge in [0.1, 0.15) is 0 Å². The molecule has 4 unspecified atom stereocenters. The van der Waals surface area contributed by atoms with Crippen LogP contribution >= 0.6 is 0 Å². The van der Waals surface area contributed by atoms with Crippen LogP contribution in [-0.2, 0) is 9.59 Å². The average Bonchev–Trinajstić information content (AvgIpc) is 3.55. The molecule has 0 spiro atoms. The van der Waals surface area contributed by atoms with Crippen LogP contribution in [0.2, 0.25) is 0 Å². The number of rotatable bonds is 5. The standard InChI is InChI=1S/C26H36N2O3/c1-16(21-15-27(2)23-10-3-6-18(25(21)23)17-11-12-17)14-24(29)28-13-5-8-19-20(26(30)31)7-4-9-22(19)28/h3,6,10,16-17,19-22H,4-5,7-9,11-15H2,1-2H3,(H,30,31)/t16?,19?,20-,21?,22?/m1/s1. The normalized spacial score (nSPS) is 31.2. The van der Waals surface area contributed by atoms with E-state index in [1.165, 1.54) is 29.7 Å². The van der Waals surface area contributed by atoms with Gasteiger partial charge in [-0.15, -0.1) is 0 Å². The van der Waals surface area contributed by atoms with Crippen molar-refractivity contribution in [3.05, 3.63) is 29.3 Å². The lowest BCUT2D eigenvalue weighted by Gasteiger charge is -2.46. The van der Waals surface area contributed by atoms with E-state index in [1.54, 1.807) is 0 Å². The minimum atomic E-state index is -0.671. The molecule has 31 heavy (non-hydrogen) atoms. The second kappa shape index (κ2) is 8.14. The van der Waals surface area contributed by atoms with Crippen molar-refractivity contribution < 1.29 is 14.7 Å². The van der Waals surface area contributed by atoms with E-state index in [2.05, 4.69) is 42.0 Å². The lowest BCUT2D eigenvalue weighted by atomic mass is 9.71. The molecule has 1 aromatic carbocycles. The predicted molar refractivity (Wildman–Crippen MR) is 121 cm³/mol. The molecule has 5 rings (SSSR count). The van der Waals surface area contributed by atoms with Crippen molar-refractivity contribution in [3.63, 3.8) is 0 Å². The number of hydrogen-bond donors (Lipinski definition) is 1. The van der Waals surface area contributed by atoms with Gasteiger partial charge >= 0.3 is 5.97 Å². The number of benzene rings is 1. The summed E-state index contributed by atoms with van der Waals surface area (Å²) in [7, 11) is 2.17. The first-order valence-corrected chi connectivity index (χ1v) is 12.3. The summed E-state index contributed by atoms with van der Waals surface area (Å²) < 4.78 is 0. The number of hydrogen-bond acceptors (Lipinski definition) is 3. The van der Waals surface area contributed by atoms with E-state index >= 15 is 0 Å². The number of carbonyl (C=O) groups excluding carboxylic acids is 1. The van der Waals surface area contributed by atoms with Crippen molar-refractivity contribution in [2.75, 3.05) is 25.0 Å². The summed E-state index contributed by atoms with van der Waals surface area (Å²) in [6.45, 7) is 4.03. The molecule has 3 fully saturated rings. The largest absolute Gasteiger partial charge is 0.481 e. The van der Waals surface area contributed by atoms with Crippen molar-refractivity contribution in [2.24, 2.45) is 17.8 Å². The second-order valence-electron chi connectivity index (χ2n) is 10.6. The molecule has 1 N–H and O–H groups in total. The Labute approximate surface area is 185 Å². The first-order chi connectivity index (χ1) is 15.0. The first-order valence-electron chi connectivity index (χ1n) is 12.3. The fourth-order valence-corrected chi connectivity index (χ4v) is 6.84. The molecule has 1 aromatic rings. The van der Waals surface area contributed by atoms with Gasteiger partial charge in [-0.1, -0.05) is 25.5 Å². The molecular formula is C26H36N2O3. The van der Waals surface area contributed by atoms with Gasteiger partial charge in [-0.25, -0.2) is 0 Å². The van der Waals surface area contributed by atoms with Crippen molar-refractivity contribution in [1.82, 2.24) is 4.90 Å². The van der Waals surface area contributed by atoms with Crippen LogP contribution in [0, 0.1) is 17.8 Å². The highest BCUT2D eigenvalue weighted by atomic mass is 16.4. The number of likely N-dealkylation sites (tertiary alicyclic amines) is 1. The molecule has 2 aliphatic carbocycles. The van der Waals surface area contributed by atoms with Crippen LogP contribution in [0.5, 0.6) is 0 Å². The zero-order valence-corrected chi connectivity index (χ0v) is 18.9. The van der Waals surface area contributed by atoms with E-state index in [-0.39, 0.29) is 29.7 Å². The Balaban J connectivity index is 1.32. The van der Waals surface area contributed by atoms with Gasteiger partial charge in [0.15, 0.2) is 0 Å². The van der Waals surface area contributed by atoms with E-state index < -0.39 is 5.97 Å². The Morgan fingerprint density at radius 3 is 2.68 bits per heavy atom. The number of nitrogens with zero attached hydrogens (tertiary/aromatic N) is 2. The number of carbonyl (C=O) groups is 2. The average molecular weight is 425 g/mol. The number of carboxylic acids is 1. The molecule has 1 saturated heterocycles. The molecule has 5 nitrogen and oxygen atoms in total. The molecule has 5 heteroatoms. The van der Waals surface area contributed by atoms with E-state index in [0.29, 0.717) is 18.3 Å². The first kappa shape index (κ1) is 20.8. The summed E-state index contributed by atoms with van der Waals surface area (Å²) in [5, 5.41) is 9.68. The fourth-order valence-electron chi connectivity index (χ4n) is 6.84. The Hall–Kier alpha value is -2.04. The molecule has 2 aliphatic heterocycles. The molecule has 5 atom stereocenters. The molecule has 0 aromatic heterocycles. The van der Waals surface area contributed by atoms with Gasteiger partial charge < -0.3 is 14.9 Å². The van der Waals surface area contributed by atoms with Gasteiger partial charge in [0, 0.05) is 44.2 Å². The minimum Gasteiger partial charge on any atom is -0.481 e. The summed E-state index contributed by atoms with van der Waals surface area (Å²) >= 11 is 0. The summed E-state index contributed by atoms with van der Waals surface area (Å²) in [6, 6.07) is 6.86. The van der Waals surface area contributed by atoms with Crippen LogP contribution in [0.1, 0.15) is 81.3 Å². The molecule has 1 amide bonds. The Morgan fingerprint density at radius 1 is 1.13 bits per heavy atom. The number of anilines is 1. The fraction of sp³-hybridized carbons (Fsp3) is 0.692.